The molecule has 0 saturated carbocycles. The Balaban J connectivity index is 0.00000484. The number of aliphatic hydroxyl groups is 1. The first-order chi connectivity index (χ1) is 10.4. The molecule has 3 atom stereocenters. The molecule has 0 aliphatic heterocycles. The fourth-order valence-corrected chi connectivity index (χ4v) is 2.04. The van der Waals surface area contributed by atoms with E-state index in [-0.39, 0.29) is 37.4 Å². The summed E-state index contributed by atoms with van der Waals surface area (Å²) in [6, 6.07) is 4.41. The summed E-state index contributed by atoms with van der Waals surface area (Å²) in [4.78, 5) is 11.8. The fourth-order valence-electron chi connectivity index (χ4n) is 1.69. The Morgan fingerprint density at radius 1 is 1.43 bits per heavy atom. The van der Waals surface area contributed by atoms with Gasteiger partial charge in [0.15, 0.2) is 0 Å². The van der Waals surface area contributed by atoms with Gasteiger partial charge >= 0.3 is 0 Å². The predicted octanol–water partition coefficient (Wildman–Crippen LogP) is 2.64. The minimum Gasteiger partial charge on any atom is -0.489 e. The van der Waals surface area contributed by atoms with Gasteiger partial charge in [-0.15, -0.1) is 12.4 Å². The molecule has 0 spiro atoms. The van der Waals surface area contributed by atoms with Gasteiger partial charge in [0.2, 0.25) is 5.91 Å². The van der Waals surface area contributed by atoms with E-state index in [0.717, 1.165) is 6.42 Å². The molecule has 5 nitrogen and oxygen atoms in total. The van der Waals surface area contributed by atoms with Crippen LogP contribution in [0.5, 0.6) is 5.75 Å². The monoisotopic (exact) mass is 384 g/mol. The second kappa shape index (κ2) is 10.9. The van der Waals surface area contributed by atoms with Crippen LogP contribution in [-0.2, 0) is 4.79 Å². The summed E-state index contributed by atoms with van der Waals surface area (Å²) in [6.45, 7) is 3.92. The third kappa shape index (κ3) is 7.14. The van der Waals surface area contributed by atoms with E-state index in [4.69, 9.17) is 33.7 Å². The number of benzene rings is 1. The third-order valence-corrected chi connectivity index (χ3v) is 4.22. The second-order valence-electron chi connectivity index (χ2n) is 5.17. The zero-order chi connectivity index (χ0) is 16.7. The van der Waals surface area contributed by atoms with Gasteiger partial charge in [0.1, 0.15) is 23.5 Å². The van der Waals surface area contributed by atoms with Crippen LogP contribution in [0.25, 0.3) is 0 Å². The Hall–Kier alpha value is -0.720. The Morgan fingerprint density at radius 3 is 2.70 bits per heavy atom. The number of rotatable bonds is 8. The number of carbonyl (C=O) groups is 1. The van der Waals surface area contributed by atoms with Crippen LogP contribution in [0.4, 0.5) is 0 Å². The minimum absolute atomic E-state index is 0. The van der Waals surface area contributed by atoms with Crippen molar-refractivity contribution < 1.29 is 14.6 Å². The Labute approximate surface area is 152 Å². The van der Waals surface area contributed by atoms with E-state index in [1.807, 2.05) is 13.8 Å². The molecule has 0 aliphatic rings. The average Bonchev–Trinajstić information content (AvgIpc) is 2.52. The molecule has 8 heteroatoms. The van der Waals surface area contributed by atoms with Crippen molar-refractivity contribution in [1.82, 2.24) is 5.32 Å². The van der Waals surface area contributed by atoms with Crippen molar-refractivity contribution in [3.8, 4) is 5.75 Å². The third-order valence-electron chi connectivity index (χ3n) is 3.42. The smallest absolute Gasteiger partial charge is 0.237 e. The molecule has 0 aliphatic carbocycles. The second-order valence-corrected chi connectivity index (χ2v) is 5.96. The minimum atomic E-state index is -0.872. The Morgan fingerprint density at radius 2 is 2.09 bits per heavy atom. The van der Waals surface area contributed by atoms with Crippen LogP contribution >= 0.6 is 35.6 Å². The van der Waals surface area contributed by atoms with E-state index in [1.165, 1.54) is 0 Å². The van der Waals surface area contributed by atoms with Crippen molar-refractivity contribution in [2.24, 2.45) is 11.7 Å². The first kappa shape index (κ1) is 22.3. The molecule has 1 aromatic rings. The normalized spacial score (nSPS) is 14.3. The van der Waals surface area contributed by atoms with E-state index in [2.05, 4.69) is 5.32 Å². The highest BCUT2D eigenvalue weighted by atomic mass is 35.5. The van der Waals surface area contributed by atoms with Crippen molar-refractivity contribution in [3.05, 3.63) is 28.2 Å². The number of hydrogen-bond donors (Lipinski definition) is 3. The maximum Gasteiger partial charge on any atom is 0.237 e. The van der Waals surface area contributed by atoms with Crippen molar-refractivity contribution in [2.75, 3.05) is 13.2 Å². The molecule has 4 N–H and O–H groups in total. The highest BCUT2D eigenvalue weighted by Gasteiger charge is 2.20. The van der Waals surface area contributed by atoms with E-state index in [0.29, 0.717) is 15.8 Å². The quantitative estimate of drug-likeness (QED) is 0.642. The Bertz CT molecular complexity index is 503. The van der Waals surface area contributed by atoms with Crippen LogP contribution < -0.4 is 15.8 Å². The molecule has 0 bridgehead atoms. The van der Waals surface area contributed by atoms with Gasteiger partial charge in [-0.2, -0.15) is 0 Å². The van der Waals surface area contributed by atoms with Gasteiger partial charge in [-0.1, -0.05) is 49.5 Å². The molecule has 23 heavy (non-hydrogen) atoms. The maximum atomic E-state index is 11.8. The standard InChI is InChI=1S/C15H22Cl2N2O3.ClH/c1-3-9(2)14(18)15(21)19-7-10(20)8-22-12-6-4-5-11(16)13(12)17;/h4-6,9-10,14,20H,3,7-8,18H2,1-2H3,(H,19,21);1H. The number of carbonyl (C=O) groups excluding carboxylic acids is 1. The first-order valence-corrected chi connectivity index (χ1v) is 7.90. The molecule has 132 valence electrons. The summed E-state index contributed by atoms with van der Waals surface area (Å²) in [6.07, 6.45) is -0.0591. The molecular weight excluding hydrogens is 363 g/mol. The number of nitrogens with two attached hydrogens (primary N) is 1. The number of aliphatic hydroxyl groups excluding tert-OH is 1. The molecule has 0 fully saturated rings. The number of amides is 1. The van der Waals surface area contributed by atoms with Crippen molar-refractivity contribution >= 4 is 41.5 Å². The van der Waals surface area contributed by atoms with Gasteiger partial charge in [-0.25, -0.2) is 0 Å². The number of halogens is 3. The molecule has 0 saturated heterocycles. The van der Waals surface area contributed by atoms with E-state index in [9.17, 15) is 9.90 Å². The average molecular weight is 386 g/mol. The zero-order valence-corrected chi connectivity index (χ0v) is 15.4. The highest BCUT2D eigenvalue weighted by Crippen LogP contribution is 2.31. The van der Waals surface area contributed by atoms with Gasteiger partial charge in [-0.05, 0) is 18.1 Å². The molecule has 0 aromatic heterocycles. The molecule has 0 radical (unpaired) electrons. The van der Waals surface area contributed by atoms with Gasteiger partial charge in [0.05, 0.1) is 11.1 Å². The Kier molecular flexibility index (Phi) is 10.6. The lowest BCUT2D eigenvalue weighted by Crippen LogP contribution is -2.47. The van der Waals surface area contributed by atoms with Crippen LogP contribution in [0.3, 0.4) is 0 Å². The fraction of sp³-hybridized carbons (Fsp3) is 0.533. The van der Waals surface area contributed by atoms with Crippen molar-refractivity contribution in [3.63, 3.8) is 0 Å². The summed E-state index contributed by atoms with van der Waals surface area (Å²) in [7, 11) is 0. The summed E-state index contributed by atoms with van der Waals surface area (Å²) in [5.74, 6) is 0.184. The summed E-state index contributed by atoms with van der Waals surface area (Å²) < 4.78 is 5.39. The SMILES string of the molecule is CCC(C)C(N)C(=O)NCC(O)COc1cccc(Cl)c1Cl.Cl. The number of hydrogen-bond acceptors (Lipinski definition) is 4. The van der Waals surface area contributed by atoms with Crippen LogP contribution in [0.2, 0.25) is 10.0 Å². The molecule has 3 unspecified atom stereocenters. The molecule has 1 aromatic carbocycles. The number of nitrogens with one attached hydrogen (secondary N) is 1. The maximum absolute atomic E-state index is 11.8. The molecule has 1 amide bonds. The largest absolute Gasteiger partial charge is 0.489 e. The zero-order valence-electron chi connectivity index (χ0n) is 13.1. The predicted molar refractivity (Wildman–Crippen MR) is 95.7 cm³/mol. The highest BCUT2D eigenvalue weighted by molar-refractivity contribution is 6.42. The lowest BCUT2D eigenvalue weighted by atomic mass is 9.99. The summed E-state index contributed by atoms with van der Waals surface area (Å²) >= 11 is 11.8. The van der Waals surface area contributed by atoms with E-state index in [1.54, 1.807) is 18.2 Å². The number of ether oxygens (including phenoxy) is 1. The van der Waals surface area contributed by atoms with Gasteiger partial charge in [-0.3, -0.25) is 4.79 Å². The summed E-state index contributed by atoms with van der Waals surface area (Å²) in [5.41, 5.74) is 5.80. The molecule has 1 rings (SSSR count). The van der Waals surface area contributed by atoms with Crippen LogP contribution in [0.1, 0.15) is 20.3 Å². The van der Waals surface area contributed by atoms with E-state index < -0.39 is 12.1 Å². The topological polar surface area (TPSA) is 84.6 Å². The lowest BCUT2D eigenvalue weighted by Gasteiger charge is -2.19. The first-order valence-electron chi connectivity index (χ1n) is 7.15. The van der Waals surface area contributed by atoms with Gasteiger partial charge < -0.3 is 20.9 Å². The van der Waals surface area contributed by atoms with Crippen LogP contribution in [0, 0.1) is 5.92 Å². The van der Waals surface area contributed by atoms with Gasteiger partial charge in [0, 0.05) is 6.54 Å². The summed E-state index contributed by atoms with van der Waals surface area (Å²) in [5, 5.41) is 13.1. The van der Waals surface area contributed by atoms with Gasteiger partial charge in [0.25, 0.3) is 0 Å². The van der Waals surface area contributed by atoms with Crippen molar-refractivity contribution in [1.29, 1.82) is 0 Å². The lowest BCUT2D eigenvalue weighted by molar-refractivity contribution is -0.123. The molecular formula is C15H23Cl3N2O3. The van der Waals surface area contributed by atoms with E-state index >= 15 is 0 Å². The molecule has 0 heterocycles. The van der Waals surface area contributed by atoms with Crippen LogP contribution in [0.15, 0.2) is 18.2 Å². The van der Waals surface area contributed by atoms with Crippen LogP contribution in [-0.4, -0.2) is 36.3 Å². The van der Waals surface area contributed by atoms with Crippen molar-refractivity contribution in [2.45, 2.75) is 32.4 Å².